The number of rotatable bonds is 6. The normalized spacial score (nSPS) is 24.9. The molecule has 0 aliphatic carbocycles. The van der Waals surface area contributed by atoms with E-state index in [1.54, 1.807) is 0 Å². The van der Waals surface area contributed by atoms with E-state index in [0.29, 0.717) is 10.0 Å². The van der Waals surface area contributed by atoms with Crippen LogP contribution in [-0.4, -0.2) is 71.5 Å². The highest BCUT2D eigenvalue weighted by atomic mass is 35.5. The van der Waals surface area contributed by atoms with Crippen LogP contribution in [-0.2, 0) is 21.0 Å². The van der Waals surface area contributed by atoms with Crippen LogP contribution in [0.25, 0.3) is 0 Å². The topological polar surface area (TPSA) is 146 Å². The molecule has 34 heavy (non-hydrogen) atoms. The lowest BCUT2D eigenvalue weighted by Crippen LogP contribution is -2.76. The molecule has 182 valence electrons. The fraction of sp³-hybridized carbons (Fsp3) is 0.444. The van der Waals surface area contributed by atoms with Gasteiger partial charge in [0, 0.05) is 31.6 Å². The highest BCUT2D eigenvalue weighted by Gasteiger charge is 2.62. The molecular formula is C18H17Cl2N5O6S3. The number of aliphatic hydroxyl groups excluding tert-OH is 1. The molecule has 0 bridgehead atoms. The number of carbonyl (C=O) groups excluding carboxylic acids is 2. The first-order valence-corrected chi connectivity index (χ1v) is 12.8. The van der Waals surface area contributed by atoms with Gasteiger partial charge in [0.25, 0.3) is 5.91 Å². The summed E-state index contributed by atoms with van der Waals surface area (Å²) in [6.45, 7) is 0.763. The summed E-state index contributed by atoms with van der Waals surface area (Å²) in [6, 6.07) is -0.954. The van der Waals surface area contributed by atoms with Crippen molar-refractivity contribution in [1.82, 2.24) is 19.8 Å². The molecule has 2 fully saturated rings. The molecule has 4 rings (SSSR count). The summed E-state index contributed by atoms with van der Waals surface area (Å²) in [7, 11) is 0. The number of amides is 2. The minimum atomic E-state index is -1.47. The third kappa shape index (κ3) is 3.99. The lowest BCUT2D eigenvalue weighted by Gasteiger charge is -2.56. The maximum Gasteiger partial charge on any atom is 0.313 e. The number of aliphatic carboxylic acids is 1. The van der Waals surface area contributed by atoms with Gasteiger partial charge in [0.15, 0.2) is 6.04 Å². The maximum absolute atomic E-state index is 13.2. The number of hydrogen-bond acceptors (Lipinski definition) is 10. The molecule has 4 atom stereocenters. The zero-order valence-corrected chi connectivity index (χ0v) is 21.3. The van der Waals surface area contributed by atoms with Crippen LogP contribution in [0.1, 0.15) is 22.2 Å². The average Bonchev–Trinajstić information content (AvgIpc) is 3.28. The summed E-state index contributed by atoms with van der Waals surface area (Å²) in [6.07, 6.45) is 2.39. The number of carboxylic acids is 1. The molecule has 2 aromatic rings. The van der Waals surface area contributed by atoms with E-state index in [2.05, 4.69) is 22.8 Å². The van der Waals surface area contributed by atoms with Gasteiger partial charge in [-0.25, -0.2) is 5.01 Å². The zero-order chi connectivity index (χ0) is 24.9. The van der Waals surface area contributed by atoms with Crippen LogP contribution in [0.3, 0.4) is 0 Å². The van der Waals surface area contributed by atoms with Crippen LogP contribution in [0.2, 0.25) is 10.0 Å². The predicted molar refractivity (Wildman–Crippen MR) is 129 cm³/mol. The Hall–Kier alpha value is -1.84. The van der Waals surface area contributed by atoms with Crippen molar-refractivity contribution in [1.29, 1.82) is 0 Å². The minimum absolute atomic E-state index is 0.0763. The first-order valence-electron chi connectivity index (χ1n) is 9.66. The van der Waals surface area contributed by atoms with Crippen LogP contribution in [0.15, 0.2) is 17.2 Å². The molecule has 2 aromatic heterocycles. The molecule has 0 saturated carbocycles. The number of carboxylic acid groups (broad SMARTS) is 1. The third-order valence-corrected chi connectivity index (χ3v) is 9.60. The number of aliphatic hydroxyl groups is 1. The molecule has 2 amide bonds. The Morgan fingerprint density at radius 3 is 2.50 bits per heavy atom. The fourth-order valence-electron chi connectivity index (χ4n) is 3.88. The van der Waals surface area contributed by atoms with Crippen molar-refractivity contribution in [3.8, 4) is 0 Å². The fourth-order valence-corrected chi connectivity index (χ4v) is 7.38. The van der Waals surface area contributed by atoms with E-state index in [0.717, 1.165) is 16.3 Å². The molecule has 11 nitrogen and oxygen atoms in total. The van der Waals surface area contributed by atoms with Gasteiger partial charge in [0.1, 0.15) is 30.8 Å². The first-order chi connectivity index (χ1) is 16.0. The van der Waals surface area contributed by atoms with Crippen molar-refractivity contribution in [2.75, 3.05) is 17.3 Å². The number of thioether (sulfide) groups is 1. The van der Waals surface area contributed by atoms with Gasteiger partial charge in [0.2, 0.25) is 11.3 Å². The molecule has 16 heteroatoms. The summed E-state index contributed by atoms with van der Waals surface area (Å²) in [5.74, 6) is -2.05. The van der Waals surface area contributed by atoms with Gasteiger partial charge in [-0.15, -0.1) is 22.0 Å². The van der Waals surface area contributed by atoms with Crippen molar-refractivity contribution in [3.63, 3.8) is 0 Å². The molecule has 3 unspecified atom stereocenters. The monoisotopic (exact) mass is 565 g/mol. The quantitative estimate of drug-likeness (QED) is 0.345. The number of aromatic nitrogens is 3. The Morgan fingerprint density at radius 2 is 1.97 bits per heavy atom. The van der Waals surface area contributed by atoms with Gasteiger partial charge in [-0.05, 0) is 0 Å². The van der Waals surface area contributed by atoms with E-state index < -0.39 is 45.3 Å². The number of hydrogen-bond donors (Lipinski definition) is 3. The smallest absolute Gasteiger partial charge is 0.313 e. The zero-order valence-electron chi connectivity index (χ0n) is 17.3. The van der Waals surface area contributed by atoms with Crippen molar-refractivity contribution in [2.24, 2.45) is 5.41 Å². The number of thiol groups is 1. The number of carbonyl (C=O) groups is 3. The standard InChI is InChI=1S/C18H17Cl2N5O6S3/c1-7(27)25(23-2-8(19)12(28)9(20)3-23)11-15(29)24-5-18(17(30)31,6-33-16(11)24)13(32)14-22-21-10(4-26)34-14/h2-3,11,13,16,26,32H,4-6H2,1H3,(H,30,31)/t11?,13?,16-,18?/m1/s1. The highest BCUT2D eigenvalue weighted by molar-refractivity contribution is 8.00. The molecule has 2 N–H and O–H groups in total. The van der Waals surface area contributed by atoms with Gasteiger partial charge >= 0.3 is 5.97 Å². The van der Waals surface area contributed by atoms with Crippen molar-refractivity contribution < 1.29 is 24.6 Å². The number of pyridine rings is 1. The highest BCUT2D eigenvalue weighted by Crippen LogP contribution is 2.51. The molecule has 4 heterocycles. The van der Waals surface area contributed by atoms with E-state index in [4.69, 9.17) is 23.2 Å². The Balaban J connectivity index is 1.63. The van der Waals surface area contributed by atoms with Crippen LogP contribution >= 0.6 is 58.9 Å². The van der Waals surface area contributed by atoms with Gasteiger partial charge in [-0.3, -0.25) is 23.9 Å². The minimum Gasteiger partial charge on any atom is -0.481 e. The molecule has 0 radical (unpaired) electrons. The van der Waals surface area contributed by atoms with E-state index in [1.165, 1.54) is 40.7 Å². The van der Waals surface area contributed by atoms with Crippen LogP contribution in [0.4, 0.5) is 0 Å². The lowest BCUT2D eigenvalue weighted by molar-refractivity contribution is -0.158. The summed E-state index contributed by atoms with van der Waals surface area (Å²) in [5.41, 5.74) is -2.08. The second-order valence-corrected chi connectivity index (χ2v) is 11.2. The summed E-state index contributed by atoms with van der Waals surface area (Å²) >= 11 is 18.6. The molecule has 2 saturated heterocycles. The Kier molecular flexibility index (Phi) is 6.92. The Morgan fingerprint density at radius 1 is 1.32 bits per heavy atom. The van der Waals surface area contributed by atoms with Gasteiger partial charge in [-0.1, -0.05) is 34.5 Å². The van der Waals surface area contributed by atoms with E-state index in [9.17, 15) is 29.4 Å². The van der Waals surface area contributed by atoms with E-state index in [-0.39, 0.29) is 28.9 Å². The Labute approximate surface area is 216 Å². The molecular weight excluding hydrogens is 549 g/mol. The molecule has 0 spiro atoms. The maximum atomic E-state index is 13.2. The summed E-state index contributed by atoms with van der Waals surface area (Å²) in [4.78, 5) is 51.3. The largest absolute Gasteiger partial charge is 0.481 e. The number of β-lactam (4-membered cyclic amide) rings is 1. The number of fused-ring (bicyclic) bond motifs is 1. The Bertz CT molecular complexity index is 1210. The molecule has 2 aliphatic heterocycles. The van der Waals surface area contributed by atoms with Gasteiger partial charge in [-0.2, -0.15) is 12.6 Å². The van der Waals surface area contributed by atoms with Crippen molar-refractivity contribution in [3.05, 3.63) is 42.7 Å². The summed E-state index contributed by atoms with van der Waals surface area (Å²) in [5, 5.41) is 27.0. The second-order valence-electron chi connectivity index (χ2n) is 7.70. The van der Waals surface area contributed by atoms with E-state index >= 15 is 0 Å². The SMILES string of the molecule is CC(=O)N(C1C(=O)N2CC(C(=O)O)(C(S)c3nnc(CO)s3)CS[C@H]12)n1cc(Cl)c(=O)c(Cl)c1. The number of halogens is 2. The van der Waals surface area contributed by atoms with Gasteiger partial charge in [0.05, 0.1) is 11.9 Å². The second kappa shape index (κ2) is 9.32. The lowest BCUT2D eigenvalue weighted by atomic mass is 9.83. The van der Waals surface area contributed by atoms with Crippen LogP contribution in [0.5, 0.6) is 0 Å². The molecule has 0 aromatic carbocycles. The van der Waals surface area contributed by atoms with Crippen molar-refractivity contribution >= 4 is 76.7 Å². The average molecular weight is 566 g/mol. The third-order valence-electron chi connectivity index (χ3n) is 5.64. The van der Waals surface area contributed by atoms with Crippen LogP contribution < -0.4 is 10.4 Å². The van der Waals surface area contributed by atoms with E-state index in [1.807, 2.05) is 0 Å². The first kappa shape index (κ1) is 25.3. The van der Waals surface area contributed by atoms with Crippen molar-refractivity contribution in [2.45, 2.75) is 30.2 Å². The number of nitrogens with zero attached hydrogens (tertiary/aromatic N) is 5. The summed E-state index contributed by atoms with van der Waals surface area (Å²) < 4.78 is 1.20. The van der Waals surface area contributed by atoms with Crippen LogP contribution in [0, 0.1) is 5.41 Å². The van der Waals surface area contributed by atoms with Gasteiger partial charge < -0.3 is 15.1 Å². The molecule has 2 aliphatic rings. The predicted octanol–water partition coefficient (Wildman–Crippen LogP) is 1.01.